The molecule has 4 aromatic rings. The fraction of sp³-hybridized carbons (Fsp3) is 0.0455. The van der Waals surface area contributed by atoms with Crippen molar-refractivity contribution in [2.45, 2.75) is 0 Å². The van der Waals surface area contributed by atoms with Gasteiger partial charge in [-0.15, -0.1) is 0 Å². The van der Waals surface area contributed by atoms with E-state index >= 15 is 0 Å². The molecule has 1 amide bonds. The fourth-order valence-corrected chi connectivity index (χ4v) is 3.05. The molecule has 1 aromatic heterocycles. The molecule has 0 aliphatic carbocycles. The van der Waals surface area contributed by atoms with Gasteiger partial charge >= 0.3 is 6.03 Å². The molecular formula is C22H18N2O2. The Labute approximate surface area is 151 Å². The van der Waals surface area contributed by atoms with E-state index in [-0.39, 0.29) is 6.03 Å². The van der Waals surface area contributed by atoms with Crippen LogP contribution in [0.3, 0.4) is 0 Å². The van der Waals surface area contributed by atoms with Crippen LogP contribution in [0.4, 0.5) is 10.5 Å². The number of rotatable bonds is 3. The van der Waals surface area contributed by atoms with Crippen LogP contribution in [-0.4, -0.2) is 17.7 Å². The maximum absolute atomic E-state index is 13.0. The van der Waals surface area contributed by atoms with Crippen LogP contribution in [0.25, 0.3) is 22.2 Å². The minimum atomic E-state index is -0.191. The standard InChI is InChI=1S/C22H18N2O2/c1-26-19-13-11-16(12-14-19)21-15-17-7-5-6-10-20(17)24(21)22(25)23-18-8-3-2-4-9-18/h2-15H,1H3,(H,23,25). The maximum atomic E-state index is 13.0. The topological polar surface area (TPSA) is 43.3 Å². The van der Waals surface area contributed by atoms with E-state index in [9.17, 15) is 4.79 Å². The van der Waals surface area contributed by atoms with E-state index in [4.69, 9.17) is 4.74 Å². The number of anilines is 1. The predicted octanol–water partition coefficient (Wildman–Crippen LogP) is 5.40. The van der Waals surface area contributed by atoms with Crippen LogP contribution in [0.15, 0.2) is 84.9 Å². The zero-order valence-corrected chi connectivity index (χ0v) is 14.3. The van der Waals surface area contributed by atoms with E-state index in [2.05, 4.69) is 5.32 Å². The number of nitrogens with zero attached hydrogens (tertiary/aromatic N) is 1. The predicted molar refractivity (Wildman–Crippen MR) is 105 cm³/mol. The molecule has 0 aliphatic heterocycles. The van der Waals surface area contributed by atoms with Gasteiger partial charge < -0.3 is 10.1 Å². The lowest BCUT2D eigenvalue weighted by molar-refractivity contribution is 0.254. The Morgan fingerprint density at radius 2 is 1.58 bits per heavy atom. The first-order chi connectivity index (χ1) is 12.8. The molecule has 0 spiro atoms. The minimum absolute atomic E-state index is 0.191. The Bertz CT molecular complexity index is 1050. The zero-order valence-electron chi connectivity index (χ0n) is 14.3. The number of fused-ring (bicyclic) bond motifs is 1. The molecule has 0 radical (unpaired) electrons. The van der Waals surface area contributed by atoms with E-state index < -0.39 is 0 Å². The largest absolute Gasteiger partial charge is 0.497 e. The van der Waals surface area contributed by atoms with Gasteiger partial charge in [0, 0.05) is 11.1 Å². The van der Waals surface area contributed by atoms with Crippen LogP contribution in [0.2, 0.25) is 0 Å². The fourth-order valence-electron chi connectivity index (χ4n) is 3.05. The summed E-state index contributed by atoms with van der Waals surface area (Å²) in [5.41, 5.74) is 3.41. The Morgan fingerprint density at radius 3 is 2.31 bits per heavy atom. The number of hydrogen-bond donors (Lipinski definition) is 1. The Hall–Kier alpha value is -3.53. The van der Waals surface area contributed by atoms with Gasteiger partial charge in [0.15, 0.2) is 0 Å². The number of benzene rings is 3. The molecule has 1 N–H and O–H groups in total. The van der Waals surface area contributed by atoms with Crippen molar-refractivity contribution in [2.75, 3.05) is 12.4 Å². The molecule has 0 atom stereocenters. The number of carbonyl (C=O) groups is 1. The van der Waals surface area contributed by atoms with Crippen molar-refractivity contribution in [2.24, 2.45) is 0 Å². The molecule has 1 heterocycles. The third-order valence-electron chi connectivity index (χ3n) is 4.32. The third-order valence-corrected chi connectivity index (χ3v) is 4.32. The van der Waals surface area contributed by atoms with E-state index in [0.717, 1.165) is 33.6 Å². The lowest BCUT2D eigenvalue weighted by Gasteiger charge is -2.12. The Kier molecular flexibility index (Phi) is 4.15. The summed E-state index contributed by atoms with van der Waals surface area (Å²) in [6.45, 7) is 0. The van der Waals surface area contributed by atoms with Crippen LogP contribution in [0, 0.1) is 0 Å². The van der Waals surface area contributed by atoms with Gasteiger partial charge in [-0.2, -0.15) is 0 Å². The SMILES string of the molecule is COc1ccc(-c2cc3ccccc3n2C(=O)Nc2ccccc2)cc1. The second-order valence-electron chi connectivity index (χ2n) is 5.95. The summed E-state index contributed by atoms with van der Waals surface area (Å²) in [5.74, 6) is 0.783. The highest BCUT2D eigenvalue weighted by Gasteiger charge is 2.16. The summed E-state index contributed by atoms with van der Waals surface area (Å²) in [4.78, 5) is 13.0. The first-order valence-corrected chi connectivity index (χ1v) is 8.37. The number of ether oxygens (including phenoxy) is 1. The van der Waals surface area contributed by atoms with Crippen LogP contribution in [0.1, 0.15) is 0 Å². The van der Waals surface area contributed by atoms with Crippen LogP contribution in [-0.2, 0) is 0 Å². The lowest BCUT2D eigenvalue weighted by Crippen LogP contribution is -2.20. The van der Waals surface area contributed by atoms with Crippen molar-refractivity contribution < 1.29 is 9.53 Å². The zero-order chi connectivity index (χ0) is 17.9. The minimum Gasteiger partial charge on any atom is -0.497 e. The van der Waals surface area contributed by atoms with E-state index in [1.54, 1.807) is 11.7 Å². The molecule has 0 fully saturated rings. The number of carbonyl (C=O) groups excluding carboxylic acids is 1. The highest BCUT2D eigenvalue weighted by atomic mass is 16.5. The molecule has 4 heteroatoms. The van der Waals surface area contributed by atoms with Crippen molar-refractivity contribution in [3.8, 4) is 17.0 Å². The highest BCUT2D eigenvalue weighted by molar-refractivity contribution is 6.02. The van der Waals surface area contributed by atoms with E-state index in [1.165, 1.54) is 0 Å². The summed E-state index contributed by atoms with van der Waals surface area (Å²) in [6, 6.07) is 26.9. The Balaban J connectivity index is 1.82. The number of aromatic nitrogens is 1. The number of amides is 1. The van der Waals surface area contributed by atoms with Crippen molar-refractivity contribution in [3.05, 3.63) is 84.9 Å². The summed E-state index contributed by atoms with van der Waals surface area (Å²) in [5, 5.41) is 3.98. The number of nitrogens with one attached hydrogen (secondary N) is 1. The number of hydrogen-bond acceptors (Lipinski definition) is 2. The Morgan fingerprint density at radius 1 is 0.885 bits per heavy atom. The van der Waals surface area contributed by atoms with Gasteiger partial charge in [0.25, 0.3) is 0 Å². The highest BCUT2D eigenvalue weighted by Crippen LogP contribution is 2.29. The molecule has 0 unspecified atom stereocenters. The summed E-state index contributed by atoms with van der Waals surface area (Å²) in [7, 11) is 1.64. The van der Waals surface area contributed by atoms with Gasteiger partial charge in [-0.1, -0.05) is 36.4 Å². The maximum Gasteiger partial charge on any atom is 0.330 e. The van der Waals surface area contributed by atoms with Gasteiger partial charge in [-0.25, -0.2) is 4.79 Å². The average Bonchev–Trinajstić information content (AvgIpc) is 3.08. The lowest BCUT2D eigenvalue weighted by atomic mass is 10.1. The summed E-state index contributed by atoms with van der Waals surface area (Å²) in [6.07, 6.45) is 0. The normalized spacial score (nSPS) is 10.7. The smallest absolute Gasteiger partial charge is 0.330 e. The second kappa shape index (κ2) is 6.76. The molecule has 3 aromatic carbocycles. The molecule has 4 rings (SSSR count). The average molecular weight is 342 g/mol. The molecular weight excluding hydrogens is 324 g/mol. The van der Waals surface area contributed by atoms with Gasteiger partial charge in [0.1, 0.15) is 5.75 Å². The van der Waals surface area contributed by atoms with Crippen molar-refractivity contribution in [1.82, 2.24) is 4.57 Å². The van der Waals surface area contributed by atoms with Crippen molar-refractivity contribution >= 4 is 22.6 Å². The summed E-state index contributed by atoms with van der Waals surface area (Å²) >= 11 is 0. The van der Waals surface area contributed by atoms with Gasteiger partial charge in [0.05, 0.1) is 18.3 Å². The molecule has 4 nitrogen and oxygen atoms in total. The molecule has 128 valence electrons. The van der Waals surface area contributed by atoms with Crippen LogP contribution >= 0.6 is 0 Å². The number of para-hydroxylation sites is 2. The van der Waals surface area contributed by atoms with Crippen LogP contribution in [0.5, 0.6) is 5.75 Å². The van der Waals surface area contributed by atoms with Crippen LogP contribution < -0.4 is 10.1 Å². The van der Waals surface area contributed by atoms with Crippen molar-refractivity contribution in [3.63, 3.8) is 0 Å². The second-order valence-corrected chi connectivity index (χ2v) is 5.95. The summed E-state index contributed by atoms with van der Waals surface area (Å²) < 4.78 is 6.95. The molecule has 0 aliphatic rings. The van der Waals surface area contributed by atoms with Crippen molar-refractivity contribution in [1.29, 1.82) is 0 Å². The third kappa shape index (κ3) is 2.93. The quantitative estimate of drug-likeness (QED) is 0.542. The molecule has 0 bridgehead atoms. The first-order valence-electron chi connectivity index (χ1n) is 8.37. The van der Waals surface area contributed by atoms with E-state index in [0.29, 0.717) is 0 Å². The monoisotopic (exact) mass is 342 g/mol. The molecule has 26 heavy (non-hydrogen) atoms. The molecule has 0 saturated carbocycles. The van der Waals surface area contributed by atoms with Gasteiger partial charge in [0.2, 0.25) is 0 Å². The van der Waals surface area contributed by atoms with Gasteiger partial charge in [-0.05, 0) is 54.1 Å². The molecule has 0 saturated heterocycles. The first kappa shape index (κ1) is 16.0. The van der Waals surface area contributed by atoms with Gasteiger partial charge in [-0.3, -0.25) is 4.57 Å². The number of methoxy groups -OCH3 is 1. The van der Waals surface area contributed by atoms with E-state index in [1.807, 2.05) is 84.9 Å².